The van der Waals surface area contributed by atoms with Crippen molar-refractivity contribution in [2.45, 2.75) is 94.0 Å². The van der Waals surface area contributed by atoms with Gasteiger partial charge < -0.3 is 20.3 Å². The number of pyridine rings is 1. The van der Waals surface area contributed by atoms with Crippen LogP contribution in [0.2, 0.25) is 0 Å². The number of aliphatic hydroxyl groups excluding tert-OH is 2. The van der Waals surface area contributed by atoms with Gasteiger partial charge in [0.15, 0.2) is 12.1 Å². The number of nitrogens with zero attached hydrogens (tertiary/aromatic N) is 2. The molecule has 7 nitrogen and oxygen atoms in total. The fourth-order valence-corrected chi connectivity index (χ4v) is 6.92. The lowest BCUT2D eigenvalue weighted by molar-refractivity contribution is -0.160. The van der Waals surface area contributed by atoms with Crippen LogP contribution >= 0.6 is 11.8 Å². The summed E-state index contributed by atoms with van der Waals surface area (Å²) in [5, 5.41) is 24.5. The number of ether oxygens (including phenoxy) is 1. The third-order valence-corrected chi connectivity index (χ3v) is 9.18. The molecule has 37 heavy (non-hydrogen) atoms. The van der Waals surface area contributed by atoms with Crippen LogP contribution in [0.1, 0.15) is 92.1 Å². The maximum absolute atomic E-state index is 11.7. The quantitative estimate of drug-likeness (QED) is 0.426. The van der Waals surface area contributed by atoms with Crippen molar-refractivity contribution in [1.29, 1.82) is 0 Å². The number of carbonyl (C=O) groups is 1. The van der Waals surface area contributed by atoms with Gasteiger partial charge in [-0.3, -0.25) is 4.79 Å². The Bertz CT molecular complexity index is 1150. The van der Waals surface area contributed by atoms with Gasteiger partial charge in [0.1, 0.15) is 12.1 Å². The smallest absolute Gasteiger partial charge is 0.157 e. The first-order valence-electron chi connectivity index (χ1n) is 13.5. The van der Waals surface area contributed by atoms with Crippen LogP contribution in [0.3, 0.4) is 0 Å². The summed E-state index contributed by atoms with van der Waals surface area (Å²) in [7, 11) is 0. The van der Waals surface area contributed by atoms with Gasteiger partial charge in [0, 0.05) is 22.4 Å². The molecule has 1 aromatic carbocycles. The lowest BCUT2D eigenvalue weighted by atomic mass is 9.82. The van der Waals surface area contributed by atoms with E-state index in [1.807, 2.05) is 0 Å². The zero-order valence-corrected chi connectivity index (χ0v) is 22.4. The average Bonchev–Trinajstić information content (AvgIpc) is 3.04. The summed E-state index contributed by atoms with van der Waals surface area (Å²) < 4.78 is 5.44. The molecule has 198 valence electrons. The third kappa shape index (κ3) is 6.25. The summed E-state index contributed by atoms with van der Waals surface area (Å²) in [4.78, 5) is 22.5. The van der Waals surface area contributed by atoms with E-state index in [1.165, 1.54) is 16.0 Å². The highest BCUT2D eigenvalue weighted by molar-refractivity contribution is 8.14. The van der Waals surface area contributed by atoms with E-state index in [9.17, 15) is 15.0 Å². The zero-order chi connectivity index (χ0) is 25.9. The van der Waals surface area contributed by atoms with Crippen molar-refractivity contribution in [3.8, 4) is 0 Å². The van der Waals surface area contributed by atoms with Crippen LogP contribution < -0.4 is 5.32 Å². The van der Waals surface area contributed by atoms with Crippen LogP contribution in [0.4, 0.5) is 11.6 Å². The molecule has 3 aliphatic rings. The summed E-state index contributed by atoms with van der Waals surface area (Å²) in [6.07, 6.45) is 5.97. The Kier molecular flexibility index (Phi) is 8.29. The van der Waals surface area contributed by atoms with Gasteiger partial charge in [-0.2, -0.15) is 0 Å². The molecule has 1 aliphatic carbocycles. The minimum absolute atomic E-state index is 0.0433. The summed E-state index contributed by atoms with van der Waals surface area (Å²) in [5.41, 5.74) is 3.12. The molecule has 3 heterocycles. The number of hydrogen-bond donors (Lipinski definition) is 3. The van der Waals surface area contributed by atoms with Gasteiger partial charge in [0.05, 0.1) is 17.8 Å². The van der Waals surface area contributed by atoms with E-state index < -0.39 is 6.29 Å². The second-order valence-corrected chi connectivity index (χ2v) is 11.9. The molecule has 0 amide bonds. The number of aromatic nitrogens is 1. The highest BCUT2D eigenvalue weighted by Crippen LogP contribution is 2.42. The van der Waals surface area contributed by atoms with E-state index in [4.69, 9.17) is 14.7 Å². The van der Waals surface area contributed by atoms with Crippen molar-refractivity contribution in [2.24, 2.45) is 10.9 Å². The third-order valence-electron chi connectivity index (χ3n) is 8.08. The van der Waals surface area contributed by atoms with E-state index >= 15 is 0 Å². The Hall–Kier alpha value is -2.26. The number of nitrogens with one attached hydrogen (secondary N) is 1. The lowest BCUT2D eigenvalue weighted by Gasteiger charge is -2.33. The monoisotopic (exact) mass is 523 g/mol. The molecule has 3 N–H and O–H groups in total. The maximum atomic E-state index is 11.7. The van der Waals surface area contributed by atoms with Gasteiger partial charge in [-0.05, 0) is 86.1 Å². The average molecular weight is 524 g/mol. The minimum Gasteiger partial charge on any atom is -0.393 e. The van der Waals surface area contributed by atoms with Crippen molar-refractivity contribution in [2.75, 3.05) is 11.9 Å². The first-order valence-corrected chi connectivity index (χ1v) is 14.3. The topological polar surface area (TPSA) is 104 Å². The van der Waals surface area contributed by atoms with Crippen molar-refractivity contribution < 1.29 is 19.7 Å². The molecule has 4 unspecified atom stereocenters. The number of hydrogen-bond acceptors (Lipinski definition) is 8. The van der Waals surface area contributed by atoms with Crippen LogP contribution in [-0.4, -0.2) is 51.6 Å². The second-order valence-electron chi connectivity index (χ2n) is 10.8. The van der Waals surface area contributed by atoms with Gasteiger partial charge in [-0.1, -0.05) is 37.7 Å². The number of thioether (sulfide) groups is 1. The maximum Gasteiger partial charge on any atom is 0.157 e. The highest BCUT2D eigenvalue weighted by atomic mass is 32.2. The minimum atomic E-state index is -0.723. The Morgan fingerprint density at radius 1 is 1.08 bits per heavy atom. The number of aliphatic hydroxyl groups is 2. The molecular formula is C29H37N3O4S. The second kappa shape index (κ2) is 11.6. The van der Waals surface area contributed by atoms with Crippen molar-refractivity contribution >= 4 is 34.7 Å². The van der Waals surface area contributed by atoms with Gasteiger partial charge in [0.25, 0.3) is 0 Å². The number of carbonyl (C=O) groups excluding carboxylic acids is 1. The number of aldehydes is 1. The molecule has 2 fully saturated rings. The van der Waals surface area contributed by atoms with Crippen molar-refractivity contribution in [1.82, 2.24) is 4.98 Å². The van der Waals surface area contributed by atoms with Crippen LogP contribution in [-0.2, 0) is 4.74 Å². The van der Waals surface area contributed by atoms with Gasteiger partial charge in [-0.15, -0.1) is 0 Å². The summed E-state index contributed by atoms with van der Waals surface area (Å²) >= 11 is 1.69. The predicted octanol–water partition coefficient (Wildman–Crippen LogP) is 5.79. The lowest BCUT2D eigenvalue weighted by Crippen LogP contribution is -2.33. The van der Waals surface area contributed by atoms with E-state index in [0.29, 0.717) is 29.7 Å². The largest absolute Gasteiger partial charge is 0.393 e. The van der Waals surface area contributed by atoms with E-state index in [-0.39, 0.29) is 24.0 Å². The fraction of sp³-hybridized carbons (Fsp3) is 0.552. The Labute approximate surface area is 223 Å². The normalized spacial score (nSPS) is 31.4. The fourth-order valence-electron chi connectivity index (χ4n) is 5.72. The van der Waals surface area contributed by atoms with Gasteiger partial charge in [0.2, 0.25) is 0 Å². The molecule has 1 aromatic heterocycles. The van der Waals surface area contributed by atoms with Crippen LogP contribution in [0.25, 0.3) is 0 Å². The number of aliphatic imine (C=N–C) groups is 1. The van der Waals surface area contributed by atoms with Crippen LogP contribution in [0, 0.1) is 5.92 Å². The van der Waals surface area contributed by atoms with E-state index in [0.717, 1.165) is 56.3 Å². The molecule has 0 radical (unpaired) electrons. The number of benzene rings is 1. The summed E-state index contributed by atoms with van der Waals surface area (Å²) in [6, 6.07) is 10.5. The SMILES string of the molecule is CC1CCC(=Nc2cc(C=O)cc(NC3CCC(O)CC3)n2)Sc2cc(C3CCOC(O)C3C)ccc21. The molecule has 0 spiro atoms. The molecule has 1 saturated carbocycles. The predicted molar refractivity (Wildman–Crippen MR) is 147 cm³/mol. The van der Waals surface area contributed by atoms with Crippen LogP contribution in [0.5, 0.6) is 0 Å². The molecule has 1 saturated heterocycles. The van der Waals surface area contributed by atoms with Gasteiger partial charge >= 0.3 is 0 Å². The van der Waals surface area contributed by atoms with Crippen molar-refractivity contribution in [3.05, 3.63) is 47.0 Å². The summed E-state index contributed by atoms with van der Waals surface area (Å²) in [5.74, 6) is 1.91. The molecule has 2 aromatic rings. The first-order chi connectivity index (χ1) is 17.9. The number of fused-ring (bicyclic) bond motifs is 1. The first kappa shape index (κ1) is 26.4. The van der Waals surface area contributed by atoms with Gasteiger partial charge in [-0.25, -0.2) is 9.98 Å². The highest BCUT2D eigenvalue weighted by Gasteiger charge is 2.31. The molecule has 2 aliphatic heterocycles. The molecule has 0 bridgehead atoms. The van der Waals surface area contributed by atoms with E-state index in [1.54, 1.807) is 23.9 Å². The van der Waals surface area contributed by atoms with Crippen molar-refractivity contribution in [3.63, 3.8) is 0 Å². The Balaban J connectivity index is 1.40. The molecule has 8 heteroatoms. The molecule has 4 atom stereocenters. The zero-order valence-electron chi connectivity index (χ0n) is 21.6. The number of rotatable bonds is 5. The molecular weight excluding hydrogens is 486 g/mol. The summed E-state index contributed by atoms with van der Waals surface area (Å²) in [6.45, 7) is 4.88. The Morgan fingerprint density at radius 2 is 1.89 bits per heavy atom. The number of anilines is 1. The van der Waals surface area contributed by atoms with Crippen LogP contribution in [0.15, 0.2) is 40.2 Å². The standard InChI is InChI=1S/C29H37N3O4S/c1-17-3-10-28(37-25-15-20(4-9-23(17)25)24-11-12-36-29(35)18(24)2)32-27-14-19(16-33)13-26(31-27)30-21-5-7-22(34)8-6-21/h4,9,13-18,21-22,24,29,34-35H,3,5-8,10-12H2,1-2H3,(H,30,31). The van der Waals surface area contributed by atoms with E-state index in [2.05, 4.69) is 37.4 Å². The Morgan fingerprint density at radius 3 is 2.68 bits per heavy atom. The molecule has 5 rings (SSSR count).